The Labute approximate surface area is 221 Å². The third-order valence-electron chi connectivity index (χ3n) is 6.09. The fourth-order valence-electron chi connectivity index (χ4n) is 4.14. The van der Waals surface area contributed by atoms with Crippen LogP contribution in [0.1, 0.15) is 31.8 Å². The highest BCUT2D eigenvalue weighted by molar-refractivity contribution is 6.08. The Bertz CT molecular complexity index is 1360. The fraction of sp³-hybridized carbons (Fsp3) is 0.0625. The summed E-state index contributed by atoms with van der Waals surface area (Å²) in [4.78, 5) is 39.3. The van der Waals surface area contributed by atoms with Crippen molar-refractivity contribution in [3.8, 4) is 0 Å². The van der Waals surface area contributed by atoms with Crippen LogP contribution in [0.4, 0.5) is 11.6 Å². The minimum Gasteiger partial charge on any atom is -0.288 e. The number of nitrogens with zero attached hydrogens (tertiary/aromatic N) is 4. The second-order valence-electron chi connectivity index (χ2n) is 8.71. The number of amides is 2. The number of carbonyl (C=O) groups excluding carboxylic acids is 2. The zero-order valence-corrected chi connectivity index (χ0v) is 20.7. The molecule has 3 aromatic carbocycles. The first-order chi connectivity index (χ1) is 18.7. The Morgan fingerprint density at radius 1 is 0.474 bits per heavy atom. The predicted octanol–water partition coefficient (Wildman–Crippen LogP) is 6.17. The monoisotopic (exact) mass is 498 g/mol. The number of hydrogen-bond donors (Lipinski definition) is 0. The van der Waals surface area contributed by atoms with Gasteiger partial charge in [-0.1, -0.05) is 72.8 Å². The van der Waals surface area contributed by atoms with Crippen molar-refractivity contribution in [2.75, 3.05) is 9.80 Å². The summed E-state index contributed by atoms with van der Waals surface area (Å²) in [6.07, 6.45) is 3.34. The molecule has 5 aromatic rings. The molecule has 0 aliphatic rings. The lowest BCUT2D eigenvalue weighted by molar-refractivity contribution is 0.0973. The molecule has 0 unspecified atom stereocenters. The smallest absolute Gasteiger partial charge is 0.259 e. The molecule has 0 saturated heterocycles. The van der Waals surface area contributed by atoms with Crippen molar-refractivity contribution in [1.29, 1.82) is 0 Å². The van der Waals surface area contributed by atoms with Gasteiger partial charge < -0.3 is 0 Å². The molecule has 0 bridgehead atoms. The minimum atomic E-state index is -0.197. The van der Waals surface area contributed by atoms with Gasteiger partial charge in [-0.2, -0.15) is 0 Å². The molecule has 5 rings (SSSR count). The first-order valence-electron chi connectivity index (χ1n) is 12.3. The molecule has 186 valence electrons. The zero-order valence-electron chi connectivity index (χ0n) is 20.7. The SMILES string of the molecule is O=C(c1ccc(C(=O)N(Cc2ccccc2)c2ccccn2)cc1)N(Cc1ccccc1)c1ccccn1. The molecule has 6 nitrogen and oxygen atoms in total. The Morgan fingerprint density at radius 3 is 1.18 bits per heavy atom. The number of benzene rings is 3. The van der Waals surface area contributed by atoms with Crippen LogP contribution in [-0.4, -0.2) is 21.8 Å². The van der Waals surface area contributed by atoms with Crippen LogP contribution in [0.25, 0.3) is 0 Å². The standard InChI is InChI=1S/C32H26N4O2/c37-31(35(29-15-7-9-21-33-29)23-25-11-3-1-4-12-25)27-17-19-28(20-18-27)32(38)36(30-16-8-10-22-34-30)24-26-13-5-2-6-14-26/h1-22H,23-24H2. The van der Waals surface area contributed by atoms with Crippen molar-refractivity contribution in [3.05, 3.63) is 156 Å². The van der Waals surface area contributed by atoms with Crippen LogP contribution in [-0.2, 0) is 13.1 Å². The maximum Gasteiger partial charge on any atom is 0.259 e. The average molecular weight is 499 g/mol. The number of hydrogen-bond acceptors (Lipinski definition) is 4. The van der Waals surface area contributed by atoms with E-state index in [1.165, 1.54) is 0 Å². The first-order valence-corrected chi connectivity index (χ1v) is 12.3. The molecule has 0 N–H and O–H groups in total. The summed E-state index contributed by atoms with van der Waals surface area (Å²) < 4.78 is 0. The van der Waals surface area contributed by atoms with E-state index in [0.717, 1.165) is 11.1 Å². The lowest BCUT2D eigenvalue weighted by Gasteiger charge is -2.23. The van der Waals surface area contributed by atoms with Crippen molar-refractivity contribution < 1.29 is 9.59 Å². The van der Waals surface area contributed by atoms with E-state index in [4.69, 9.17) is 0 Å². The summed E-state index contributed by atoms with van der Waals surface area (Å²) in [5.41, 5.74) is 2.92. The normalized spacial score (nSPS) is 10.5. The summed E-state index contributed by atoms with van der Waals surface area (Å²) >= 11 is 0. The number of carbonyl (C=O) groups is 2. The average Bonchev–Trinajstić information content (AvgIpc) is 3.00. The van der Waals surface area contributed by atoms with Gasteiger partial charge in [0.15, 0.2) is 0 Å². The van der Waals surface area contributed by atoms with Gasteiger partial charge >= 0.3 is 0 Å². The van der Waals surface area contributed by atoms with E-state index < -0.39 is 0 Å². The highest BCUT2D eigenvalue weighted by Gasteiger charge is 2.22. The van der Waals surface area contributed by atoms with Gasteiger partial charge in [0.2, 0.25) is 0 Å². The first kappa shape index (κ1) is 24.6. The van der Waals surface area contributed by atoms with E-state index in [9.17, 15) is 9.59 Å². The number of aromatic nitrogens is 2. The Morgan fingerprint density at radius 2 is 0.842 bits per heavy atom. The lowest BCUT2D eigenvalue weighted by atomic mass is 10.1. The van der Waals surface area contributed by atoms with Crippen molar-refractivity contribution in [2.45, 2.75) is 13.1 Å². The summed E-state index contributed by atoms with van der Waals surface area (Å²) in [5, 5.41) is 0. The van der Waals surface area contributed by atoms with Gasteiger partial charge in [0.25, 0.3) is 11.8 Å². The summed E-state index contributed by atoms with van der Waals surface area (Å²) in [7, 11) is 0. The van der Waals surface area contributed by atoms with Crippen LogP contribution in [0.15, 0.2) is 134 Å². The molecule has 0 atom stereocenters. The number of anilines is 2. The minimum absolute atomic E-state index is 0.197. The predicted molar refractivity (Wildman–Crippen MR) is 149 cm³/mol. The van der Waals surface area contributed by atoms with Crippen molar-refractivity contribution in [1.82, 2.24) is 9.97 Å². The highest BCUT2D eigenvalue weighted by Crippen LogP contribution is 2.21. The Hall–Kier alpha value is -5.10. The van der Waals surface area contributed by atoms with E-state index in [-0.39, 0.29) is 11.8 Å². The van der Waals surface area contributed by atoms with Gasteiger partial charge in [0.1, 0.15) is 11.6 Å². The second kappa shape index (κ2) is 11.8. The lowest BCUT2D eigenvalue weighted by Crippen LogP contribution is -2.32. The van der Waals surface area contributed by atoms with Gasteiger partial charge in [0, 0.05) is 23.5 Å². The molecule has 38 heavy (non-hydrogen) atoms. The van der Waals surface area contributed by atoms with Crippen LogP contribution in [0, 0.1) is 0 Å². The van der Waals surface area contributed by atoms with Gasteiger partial charge in [-0.15, -0.1) is 0 Å². The molecule has 2 amide bonds. The quantitative estimate of drug-likeness (QED) is 0.257. The molecule has 0 spiro atoms. The van der Waals surface area contributed by atoms with Crippen molar-refractivity contribution in [3.63, 3.8) is 0 Å². The van der Waals surface area contributed by atoms with Crippen LogP contribution < -0.4 is 9.80 Å². The number of pyridine rings is 2. The summed E-state index contributed by atoms with van der Waals surface area (Å²) in [6.45, 7) is 0.754. The molecular weight excluding hydrogens is 472 g/mol. The third kappa shape index (κ3) is 5.82. The maximum absolute atomic E-state index is 13.6. The van der Waals surface area contributed by atoms with Crippen LogP contribution in [0.3, 0.4) is 0 Å². The highest BCUT2D eigenvalue weighted by atomic mass is 16.2. The zero-order chi connectivity index (χ0) is 26.2. The number of rotatable bonds is 8. The summed E-state index contributed by atoms with van der Waals surface area (Å²) in [5.74, 6) is 0.728. The van der Waals surface area contributed by atoms with Crippen LogP contribution in [0.5, 0.6) is 0 Å². The van der Waals surface area contributed by atoms with Crippen molar-refractivity contribution >= 4 is 23.5 Å². The molecule has 2 heterocycles. The van der Waals surface area contributed by atoms with Crippen LogP contribution >= 0.6 is 0 Å². The van der Waals surface area contributed by atoms with Gasteiger partial charge in [-0.05, 0) is 59.7 Å². The molecule has 0 aliphatic carbocycles. The molecule has 0 fully saturated rings. The van der Waals surface area contributed by atoms with E-state index in [0.29, 0.717) is 35.9 Å². The fourth-order valence-corrected chi connectivity index (χ4v) is 4.14. The molecule has 0 radical (unpaired) electrons. The van der Waals surface area contributed by atoms with E-state index >= 15 is 0 Å². The summed E-state index contributed by atoms with van der Waals surface area (Å²) in [6, 6.07) is 37.3. The van der Waals surface area contributed by atoms with E-state index in [2.05, 4.69) is 9.97 Å². The Kier molecular flexibility index (Phi) is 7.61. The van der Waals surface area contributed by atoms with E-state index in [1.807, 2.05) is 97.1 Å². The molecule has 2 aromatic heterocycles. The van der Waals surface area contributed by atoms with Gasteiger partial charge in [0.05, 0.1) is 13.1 Å². The second-order valence-corrected chi connectivity index (χ2v) is 8.71. The molecule has 0 aliphatic heterocycles. The van der Waals surface area contributed by atoms with Gasteiger partial charge in [-0.3, -0.25) is 19.4 Å². The van der Waals surface area contributed by atoms with Crippen molar-refractivity contribution in [2.24, 2.45) is 0 Å². The van der Waals surface area contributed by atoms with Crippen LogP contribution in [0.2, 0.25) is 0 Å². The van der Waals surface area contributed by atoms with Gasteiger partial charge in [-0.25, -0.2) is 9.97 Å². The molecule has 6 heteroatoms. The topological polar surface area (TPSA) is 66.4 Å². The maximum atomic E-state index is 13.6. The Balaban J connectivity index is 1.41. The van der Waals surface area contributed by atoms with E-state index in [1.54, 1.807) is 46.5 Å². The molecular formula is C32H26N4O2. The third-order valence-corrected chi connectivity index (χ3v) is 6.09. The largest absolute Gasteiger partial charge is 0.288 e. The molecule has 0 saturated carbocycles.